The minimum Gasteiger partial charge on any atom is -0.321 e. The molecule has 1 aliphatic carbocycles. The Morgan fingerprint density at radius 1 is 1.42 bits per heavy atom. The summed E-state index contributed by atoms with van der Waals surface area (Å²) in [7, 11) is 0. The van der Waals surface area contributed by atoms with E-state index in [0.717, 1.165) is 17.8 Å². The van der Waals surface area contributed by atoms with Gasteiger partial charge in [-0.05, 0) is 51.2 Å². The molecule has 2 aromatic rings. The summed E-state index contributed by atoms with van der Waals surface area (Å²) in [6.45, 7) is 6.43. The topological polar surface area (TPSA) is 17.8 Å². The molecule has 1 saturated carbocycles. The molecule has 0 radical (unpaired) electrons. The molecule has 102 valence electrons. The standard InChI is InChI=1S/C16H21ClN2/c1-4-16(9-6-10-16)19-13-8-5-7-11(2)14(13)18-15(19)12(3)17/h5,7-8,12H,4,6,9-10H2,1-3H3. The zero-order valence-corrected chi connectivity index (χ0v) is 12.7. The number of hydrogen-bond donors (Lipinski definition) is 0. The quantitative estimate of drug-likeness (QED) is 0.727. The molecule has 1 aromatic carbocycles. The van der Waals surface area contributed by atoms with Gasteiger partial charge >= 0.3 is 0 Å². The van der Waals surface area contributed by atoms with E-state index < -0.39 is 0 Å². The van der Waals surface area contributed by atoms with E-state index in [1.54, 1.807) is 0 Å². The Morgan fingerprint density at radius 3 is 2.68 bits per heavy atom. The van der Waals surface area contributed by atoms with Gasteiger partial charge in [0.1, 0.15) is 5.82 Å². The van der Waals surface area contributed by atoms with Crippen molar-refractivity contribution in [3.05, 3.63) is 29.6 Å². The number of nitrogens with zero attached hydrogens (tertiary/aromatic N) is 2. The van der Waals surface area contributed by atoms with Crippen LogP contribution in [0, 0.1) is 6.92 Å². The van der Waals surface area contributed by atoms with Gasteiger partial charge in [-0.25, -0.2) is 4.98 Å². The molecule has 0 N–H and O–H groups in total. The van der Waals surface area contributed by atoms with E-state index >= 15 is 0 Å². The van der Waals surface area contributed by atoms with Gasteiger partial charge in [-0.3, -0.25) is 0 Å². The molecule has 1 heterocycles. The SMILES string of the molecule is CCC1(n2c(C(C)Cl)nc3c(C)cccc32)CCC1. The van der Waals surface area contributed by atoms with E-state index in [9.17, 15) is 0 Å². The van der Waals surface area contributed by atoms with Crippen LogP contribution in [0.4, 0.5) is 0 Å². The molecular formula is C16H21ClN2. The Kier molecular flexibility index (Phi) is 3.09. The summed E-state index contributed by atoms with van der Waals surface area (Å²) >= 11 is 6.39. The molecule has 1 unspecified atom stereocenters. The normalized spacial score (nSPS) is 19.4. The number of para-hydroxylation sites is 1. The second kappa shape index (κ2) is 4.52. The lowest BCUT2D eigenvalue weighted by Crippen LogP contribution is -2.41. The molecule has 1 aliphatic rings. The van der Waals surface area contributed by atoms with E-state index in [2.05, 4.69) is 36.6 Å². The van der Waals surface area contributed by atoms with Crippen molar-refractivity contribution in [2.45, 2.75) is 57.4 Å². The van der Waals surface area contributed by atoms with Crippen molar-refractivity contribution in [2.75, 3.05) is 0 Å². The van der Waals surface area contributed by atoms with Gasteiger partial charge in [-0.15, -0.1) is 11.6 Å². The van der Waals surface area contributed by atoms with Crippen LogP contribution in [0.1, 0.15) is 56.3 Å². The summed E-state index contributed by atoms with van der Waals surface area (Å²) in [4.78, 5) is 4.84. The average Bonchev–Trinajstić information content (AvgIpc) is 2.71. The molecule has 0 saturated heterocycles. The Bertz CT molecular complexity index is 603. The second-order valence-corrected chi connectivity index (χ2v) is 6.45. The molecule has 0 amide bonds. The highest BCUT2D eigenvalue weighted by molar-refractivity contribution is 6.20. The van der Waals surface area contributed by atoms with Crippen LogP contribution in [-0.4, -0.2) is 9.55 Å². The van der Waals surface area contributed by atoms with Crippen molar-refractivity contribution in [1.82, 2.24) is 9.55 Å². The average molecular weight is 277 g/mol. The first kappa shape index (κ1) is 13.0. The first-order valence-corrected chi connectivity index (χ1v) is 7.65. The second-order valence-electron chi connectivity index (χ2n) is 5.80. The van der Waals surface area contributed by atoms with Crippen molar-refractivity contribution < 1.29 is 0 Å². The molecule has 3 heteroatoms. The highest BCUT2D eigenvalue weighted by Gasteiger charge is 2.40. The molecule has 0 spiro atoms. The Morgan fingerprint density at radius 2 is 2.16 bits per heavy atom. The number of aryl methyl sites for hydroxylation is 1. The predicted octanol–water partition coefficient (Wildman–Crippen LogP) is 4.93. The first-order chi connectivity index (χ1) is 9.09. The summed E-state index contributed by atoms with van der Waals surface area (Å²) in [5.74, 6) is 1.03. The molecule has 1 atom stereocenters. The first-order valence-electron chi connectivity index (χ1n) is 7.21. The summed E-state index contributed by atoms with van der Waals surface area (Å²) in [5.41, 5.74) is 3.86. The third-order valence-electron chi connectivity index (χ3n) is 4.69. The minimum atomic E-state index is -0.0455. The third-order valence-corrected chi connectivity index (χ3v) is 4.88. The van der Waals surface area contributed by atoms with E-state index in [-0.39, 0.29) is 10.9 Å². The minimum absolute atomic E-state index is 0.0455. The smallest absolute Gasteiger partial charge is 0.128 e. The number of imidazole rings is 1. The zero-order chi connectivity index (χ0) is 13.6. The maximum Gasteiger partial charge on any atom is 0.128 e. The monoisotopic (exact) mass is 276 g/mol. The van der Waals surface area contributed by atoms with Gasteiger partial charge in [-0.2, -0.15) is 0 Å². The number of fused-ring (bicyclic) bond motifs is 1. The molecule has 3 rings (SSSR count). The predicted molar refractivity (Wildman–Crippen MR) is 80.9 cm³/mol. The fourth-order valence-electron chi connectivity index (χ4n) is 3.34. The van der Waals surface area contributed by atoms with Crippen molar-refractivity contribution in [1.29, 1.82) is 0 Å². The lowest BCUT2D eigenvalue weighted by atomic mass is 9.74. The van der Waals surface area contributed by atoms with Crippen LogP contribution in [0.2, 0.25) is 0 Å². The summed E-state index contributed by atoms with van der Waals surface area (Å²) in [5, 5.41) is -0.0455. The Hall–Kier alpha value is -1.02. The molecule has 19 heavy (non-hydrogen) atoms. The van der Waals surface area contributed by atoms with Crippen LogP contribution >= 0.6 is 11.6 Å². The highest BCUT2D eigenvalue weighted by Crippen LogP contribution is 2.46. The van der Waals surface area contributed by atoms with Gasteiger partial charge < -0.3 is 4.57 Å². The van der Waals surface area contributed by atoms with Gasteiger partial charge in [0, 0.05) is 5.54 Å². The van der Waals surface area contributed by atoms with E-state index in [1.807, 2.05) is 6.92 Å². The van der Waals surface area contributed by atoms with Gasteiger partial charge in [0.2, 0.25) is 0 Å². The summed E-state index contributed by atoms with van der Waals surface area (Å²) in [6, 6.07) is 6.44. The maximum atomic E-state index is 6.39. The number of hydrogen-bond acceptors (Lipinski definition) is 1. The summed E-state index contributed by atoms with van der Waals surface area (Å²) < 4.78 is 2.44. The van der Waals surface area contributed by atoms with Crippen molar-refractivity contribution in [3.8, 4) is 0 Å². The van der Waals surface area contributed by atoms with Crippen LogP contribution in [-0.2, 0) is 5.54 Å². The van der Waals surface area contributed by atoms with Gasteiger partial charge in [-0.1, -0.05) is 19.1 Å². The van der Waals surface area contributed by atoms with Crippen LogP contribution in [0.3, 0.4) is 0 Å². The van der Waals surface area contributed by atoms with Gasteiger partial charge in [0.25, 0.3) is 0 Å². The molecule has 2 nitrogen and oxygen atoms in total. The van der Waals surface area contributed by atoms with Crippen LogP contribution in [0.25, 0.3) is 11.0 Å². The molecule has 1 aromatic heterocycles. The number of benzene rings is 1. The molecule has 0 aliphatic heterocycles. The van der Waals surface area contributed by atoms with E-state index in [1.165, 1.54) is 30.3 Å². The number of aromatic nitrogens is 2. The van der Waals surface area contributed by atoms with Crippen LogP contribution in [0.15, 0.2) is 18.2 Å². The highest BCUT2D eigenvalue weighted by atomic mass is 35.5. The van der Waals surface area contributed by atoms with Gasteiger partial charge in [0.05, 0.1) is 16.4 Å². The fraction of sp³-hybridized carbons (Fsp3) is 0.562. The Balaban J connectivity index is 2.31. The summed E-state index contributed by atoms with van der Waals surface area (Å²) in [6.07, 6.45) is 4.97. The lowest BCUT2D eigenvalue weighted by molar-refractivity contribution is 0.137. The van der Waals surface area contributed by atoms with Crippen molar-refractivity contribution >= 4 is 22.6 Å². The van der Waals surface area contributed by atoms with E-state index in [0.29, 0.717) is 0 Å². The molecule has 0 bridgehead atoms. The van der Waals surface area contributed by atoms with Gasteiger partial charge in [0.15, 0.2) is 0 Å². The number of alkyl halides is 1. The largest absolute Gasteiger partial charge is 0.321 e. The van der Waals surface area contributed by atoms with Crippen LogP contribution in [0.5, 0.6) is 0 Å². The third kappa shape index (κ3) is 1.80. The molecule has 1 fully saturated rings. The van der Waals surface area contributed by atoms with E-state index in [4.69, 9.17) is 16.6 Å². The number of rotatable bonds is 3. The lowest BCUT2D eigenvalue weighted by Gasteiger charge is -2.44. The number of halogens is 1. The van der Waals surface area contributed by atoms with Crippen molar-refractivity contribution in [2.24, 2.45) is 0 Å². The molecular weight excluding hydrogens is 256 g/mol. The van der Waals surface area contributed by atoms with Crippen molar-refractivity contribution in [3.63, 3.8) is 0 Å². The fourth-order valence-corrected chi connectivity index (χ4v) is 3.49. The zero-order valence-electron chi connectivity index (χ0n) is 11.9. The Labute approximate surface area is 119 Å². The van der Waals surface area contributed by atoms with Crippen LogP contribution < -0.4 is 0 Å². The maximum absolute atomic E-state index is 6.39.